The van der Waals surface area contributed by atoms with Crippen LogP contribution < -0.4 is 0 Å². The number of fused-ring (bicyclic) bond motifs is 3. The van der Waals surface area contributed by atoms with Gasteiger partial charge in [0, 0.05) is 27.1 Å². The van der Waals surface area contributed by atoms with Gasteiger partial charge in [0.05, 0.1) is 6.42 Å². The Balaban J connectivity index is 1.74. The molecule has 0 heterocycles. The molecule has 1 atom stereocenters. The summed E-state index contributed by atoms with van der Waals surface area (Å²) in [7, 11) is 4.63. The van der Waals surface area contributed by atoms with E-state index in [0.29, 0.717) is 0 Å². The van der Waals surface area contributed by atoms with E-state index >= 15 is 0 Å². The number of likely N-dealkylation sites (N-methyl/N-ethyl adjacent to an activating group) is 2. The molecule has 33 heavy (non-hydrogen) atoms. The van der Waals surface area contributed by atoms with Crippen molar-refractivity contribution >= 4 is 18.0 Å². The average Bonchev–Trinajstić information content (AvgIpc) is 3.07. The molecule has 0 aromatic heterocycles. The highest BCUT2D eigenvalue weighted by Gasteiger charge is 2.34. The van der Waals surface area contributed by atoms with Crippen LogP contribution in [0.25, 0.3) is 11.1 Å². The molecule has 0 fully saturated rings. The molecule has 0 radical (unpaired) electrons. The molecule has 0 N–H and O–H groups in total. The summed E-state index contributed by atoms with van der Waals surface area (Å²) < 4.78 is 11.0. The molecule has 0 unspecified atom stereocenters. The van der Waals surface area contributed by atoms with E-state index in [1.54, 1.807) is 34.9 Å². The summed E-state index contributed by atoms with van der Waals surface area (Å²) in [5, 5.41) is 0. The first-order valence-corrected chi connectivity index (χ1v) is 11.0. The topological polar surface area (TPSA) is 76.2 Å². The number of carbonyl (C=O) groups is 3. The van der Waals surface area contributed by atoms with Crippen molar-refractivity contribution in [1.82, 2.24) is 9.80 Å². The molecule has 2 amide bonds. The predicted molar refractivity (Wildman–Crippen MR) is 126 cm³/mol. The molecule has 7 nitrogen and oxygen atoms in total. The molecule has 2 aromatic carbocycles. The lowest BCUT2D eigenvalue weighted by atomic mass is 9.98. The van der Waals surface area contributed by atoms with Crippen LogP contribution in [0.4, 0.5) is 4.79 Å². The summed E-state index contributed by atoms with van der Waals surface area (Å²) in [5.74, 6) is -1.03. The Hall–Kier alpha value is -3.35. The van der Waals surface area contributed by atoms with Gasteiger partial charge in [0.25, 0.3) is 0 Å². The molecule has 0 saturated carbocycles. The van der Waals surface area contributed by atoms with Crippen LogP contribution in [0.3, 0.4) is 0 Å². The standard InChI is InChI=1S/C26H32N2O5/c1-26(2,3)33-23(29)15-22(24(30)27(4)5)28(6)25(31)32-16-21-19-13-9-7-11-17(19)18-12-8-10-14-20(18)21/h7-14,21-22H,15-16H2,1-6H3/t22-/m0/s1. The van der Waals surface area contributed by atoms with Gasteiger partial charge in [0.2, 0.25) is 5.91 Å². The highest BCUT2D eigenvalue weighted by molar-refractivity contribution is 5.89. The van der Waals surface area contributed by atoms with Crippen LogP contribution in [0.15, 0.2) is 48.5 Å². The third-order valence-corrected chi connectivity index (χ3v) is 5.60. The predicted octanol–water partition coefficient (Wildman–Crippen LogP) is 4.06. The van der Waals surface area contributed by atoms with Crippen LogP contribution in [-0.4, -0.2) is 67.2 Å². The second kappa shape index (κ2) is 9.65. The zero-order valence-corrected chi connectivity index (χ0v) is 20.1. The van der Waals surface area contributed by atoms with Crippen molar-refractivity contribution in [3.63, 3.8) is 0 Å². The Labute approximate surface area is 195 Å². The number of hydrogen-bond acceptors (Lipinski definition) is 5. The van der Waals surface area contributed by atoms with Crippen LogP contribution in [0, 0.1) is 0 Å². The van der Waals surface area contributed by atoms with Crippen molar-refractivity contribution in [3.8, 4) is 11.1 Å². The lowest BCUT2D eigenvalue weighted by Gasteiger charge is -2.29. The van der Waals surface area contributed by atoms with Crippen molar-refractivity contribution in [2.45, 2.75) is 44.8 Å². The van der Waals surface area contributed by atoms with Gasteiger partial charge in [-0.15, -0.1) is 0 Å². The van der Waals surface area contributed by atoms with Gasteiger partial charge in [-0.05, 0) is 43.0 Å². The van der Waals surface area contributed by atoms with E-state index in [4.69, 9.17) is 9.47 Å². The van der Waals surface area contributed by atoms with Gasteiger partial charge in [-0.1, -0.05) is 48.5 Å². The van der Waals surface area contributed by atoms with Gasteiger partial charge in [0.1, 0.15) is 18.2 Å². The van der Waals surface area contributed by atoms with E-state index in [1.165, 1.54) is 16.8 Å². The molecule has 1 aliphatic carbocycles. The minimum Gasteiger partial charge on any atom is -0.460 e. The van der Waals surface area contributed by atoms with E-state index < -0.39 is 23.7 Å². The molecule has 176 valence electrons. The van der Waals surface area contributed by atoms with Crippen molar-refractivity contribution < 1.29 is 23.9 Å². The normalized spacial score (nSPS) is 13.5. The largest absolute Gasteiger partial charge is 0.460 e. The van der Waals surface area contributed by atoms with Crippen LogP contribution in [0.2, 0.25) is 0 Å². The van der Waals surface area contributed by atoms with Gasteiger partial charge >= 0.3 is 12.1 Å². The summed E-state index contributed by atoms with van der Waals surface area (Å²) >= 11 is 0. The quantitative estimate of drug-likeness (QED) is 0.618. The van der Waals surface area contributed by atoms with E-state index in [-0.39, 0.29) is 24.9 Å². The lowest BCUT2D eigenvalue weighted by Crippen LogP contribution is -2.49. The Kier molecular flexibility index (Phi) is 7.10. The number of carbonyl (C=O) groups excluding carboxylic acids is 3. The number of benzene rings is 2. The number of ether oxygens (including phenoxy) is 2. The molecule has 0 bridgehead atoms. The zero-order valence-electron chi connectivity index (χ0n) is 20.1. The molecule has 2 aromatic rings. The third kappa shape index (κ3) is 5.53. The van der Waals surface area contributed by atoms with Gasteiger partial charge < -0.3 is 14.4 Å². The minimum atomic E-state index is -1.02. The summed E-state index contributed by atoms with van der Waals surface area (Å²) in [4.78, 5) is 40.6. The molecule has 7 heteroatoms. The lowest BCUT2D eigenvalue weighted by molar-refractivity contribution is -0.158. The third-order valence-electron chi connectivity index (χ3n) is 5.60. The summed E-state index contributed by atoms with van der Waals surface area (Å²) in [6, 6.07) is 15.1. The summed E-state index contributed by atoms with van der Waals surface area (Å²) in [6.07, 6.45) is -0.921. The molecular weight excluding hydrogens is 420 g/mol. The second-order valence-corrected chi connectivity index (χ2v) is 9.45. The maximum Gasteiger partial charge on any atom is 0.410 e. The van der Waals surface area contributed by atoms with Gasteiger partial charge in [0.15, 0.2) is 0 Å². The van der Waals surface area contributed by atoms with E-state index in [1.807, 2.05) is 36.4 Å². The number of esters is 1. The first-order chi connectivity index (χ1) is 15.5. The minimum absolute atomic E-state index is 0.0939. The van der Waals surface area contributed by atoms with Crippen LogP contribution in [-0.2, 0) is 19.1 Å². The van der Waals surface area contributed by atoms with Gasteiger partial charge in [-0.2, -0.15) is 0 Å². The first-order valence-electron chi connectivity index (χ1n) is 11.0. The second-order valence-electron chi connectivity index (χ2n) is 9.45. The molecule has 0 spiro atoms. The fourth-order valence-corrected chi connectivity index (χ4v) is 4.05. The van der Waals surface area contributed by atoms with Crippen LogP contribution >= 0.6 is 0 Å². The number of rotatable bonds is 6. The summed E-state index contributed by atoms with van der Waals surface area (Å²) in [5.41, 5.74) is 3.78. The summed E-state index contributed by atoms with van der Waals surface area (Å²) in [6.45, 7) is 5.39. The number of nitrogens with zero attached hydrogens (tertiary/aromatic N) is 2. The Bertz CT molecular complexity index is 995. The van der Waals surface area contributed by atoms with Crippen LogP contribution in [0.1, 0.15) is 44.2 Å². The highest BCUT2D eigenvalue weighted by atomic mass is 16.6. The fourth-order valence-electron chi connectivity index (χ4n) is 4.05. The Morgan fingerprint density at radius 3 is 1.91 bits per heavy atom. The van der Waals surface area contributed by atoms with E-state index in [9.17, 15) is 14.4 Å². The molecule has 1 aliphatic rings. The van der Waals surface area contributed by atoms with Crippen molar-refractivity contribution in [3.05, 3.63) is 59.7 Å². The van der Waals surface area contributed by atoms with Crippen molar-refractivity contribution in [2.24, 2.45) is 0 Å². The molecule has 0 aliphatic heterocycles. The van der Waals surface area contributed by atoms with Crippen LogP contribution in [0.5, 0.6) is 0 Å². The van der Waals surface area contributed by atoms with E-state index in [2.05, 4.69) is 12.1 Å². The maximum absolute atomic E-state index is 12.9. The van der Waals surface area contributed by atoms with Gasteiger partial charge in [-0.25, -0.2) is 4.79 Å². The van der Waals surface area contributed by atoms with Gasteiger partial charge in [-0.3, -0.25) is 14.5 Å². The molecule has 3 rings (SSSR count). The van der Waals surface area contributed by atoms with Crippen molar-refractivity contribution in [1.29, 1.82) is 0 Å². The molecule has 0 saturated heterocycles. The highest BCUT2D eigenvalue weighted by Crippen LogP contribution is 2.44. The van der Waals surface area contributed by atoms with Crippen molar-refractivity contribution in [2.75, 3.05) is 27.7 Å². The first kappa shape index (κ1) is 24.3. The van der Waals surface area contributed by atoms with E-state index in [0.717, 1.165) is 22.3 Å². The fraction of sp³-hybridized carbons (Fsp3) is 0.423. The number of hydrogen-bond donors (Lipinski definition) is 0. The average molecular weight is 453 g/mol. The maximum atomic E-state index is 12.9. The zero-order chi connectivity index (χ0) is 24.3. The molecular formula is C26H32N2O5. The Morgan fingerprint density at radius 2 is 1.42 bits per heavy atom. The monoisotopic (exact) mass is 452 g/mol. The SMILES string of the molecule is CN(C)C(=O)[C@H](CC(=O)OC(C)(C)C)N(C)C(=O)OCC1c2ccccc2-c2ccccc21. The smallest absolute Gasteiger partial charge is 0.410 e. The Morgan fingerprint density at radius 1 is 0.909 bits per heavy atom. The number of amides is 2.